The van der Waals surface area contributed by atoms with Gasteiger partial charge in [-0.1, -0.05) is 0 Å². The molecule has 2 saturated heterocycles. The average molecular weight is 485 g/mol. The predicted molar refractivity (Wildman–Crippen MR) is 138 cm³/mol. The van der Waals surface area contributed by atoms with Crippen LogP contribution in [0.15, 0.2) is 0 Å². The van der Waals surface area contributed by atoms with Crippen LogP contribution in [0.1, 0.15) is 83.5 Å². The largest absolute Gasteiger partial charge is 0.353 e. The fourth-order valence-corrected chi connectivity index (χ4v) is 8.78. The predicted octanol–water partition coefficient (Wildman–Crippen LogP) is 3.22. The summed E-state index contributed by atoms with van der Waals surface area (Å²) < 4.78 is 0. The molecule has 0 radical (unpaired) electrons. The van der Waals surface area contributed by atoms with Gasteiger partial charge in [-0.3, -0.25) is 9.59 Å². The Labute approximate surface area is 211 Å². The lowest BCUT2D eigenvalue weighted by atomic mass is 9.73. The summed E-state index contributed by atoms with van der Waals surface area (Å²) in [4.78, 5) is 26.0. The SMILES string of the molecule is O=C(NC1CCC2CNCCC2C1)C1CCC(C2CC2C(=O)NC2CCC3CNCCC3C2)CC1. The lowest BCUT2D eigenvalue weighted by Gasteiger charge is -2.40. The molecule has 2 heterocycles. The van der Waals surface area contributed by atoms with Crippen LogP contribution in [0.2, 0.25) is 0 Å². The number of piperidine rings is 2. The molecule has 0 bridgehead atoms. The zero-order valence-electron chi connectivity index (χ0n) is 21.6. The first-order chi connectivity index (χ1) is 17.1. The normalized spacial score (nSPS) is 45.5. The van der Waals surface area contributed by atoms with E-state index in [1.807, 2.05) is 0 Å². The smallest absolute Gasteiger partial charge is 0.223 e. The van der Waals surface area contributed by atoms with Crippen LogP contribution in [0.4, 0.5) is 0 Å². The van der Waals surface area contributed by atoms with E-state index in [1.54, 1.807) is 0 Å². The highest BCUT2D eigenvalue weighted by Gasteiger charge is 2.49. The molecule has 35 heavy (non-hydrogen) atoms. The van der Waals surface area contributed by atoms with E-state index >= 15 is 0 Å². The minimum absolute atomic E-state index is 0.197. The van der Waals surface area contributed by atoms with Gasteiger partial charge in [-0.15, -0.1) is 0 Å². The van der Waals surface area contributed by atoms with E-state index in [0.29, 0.717) is 35.7 Å². The number of nitrogens with one attached hydrogen (secondary N) is 4. The first-order valence-corrected chi connectivity index (χ1v) is 15.2. The van der Waals surface area contributed by atoms with Crippen molar-refractivity contribution in [1.82, 2.24) is 21.3 Å². The van der Waals surface area contributed by atoms with Crippen molar-refractivity contribution in [2.24, 2.45) is 47.3 Å². The van der Waals surface area contributed by atoms with Crippen LogP contribution < -0.4 is 21.3 Å². The molecule has 6 rings (SSSR count). The molecule has 6 aliphatic rings. The van der Waals surface area contributed by atoms with Crippen molar-refractivity contribution in [3.63, 3.8) is 0 Å². The van der Waals surface area contributed by atoms with Crippen molar-refractivity contribution in [1.29, 1.82) is 0 Å². The summed E-state index contributed by atoms with van der Waals surface area (Å²) in [6, 6.07) is 0.804. The van der Waals surface area contributed by atoms with Crippen molar-refractivity contribution in [2.75, 3.05) is 26.2 Å². The van der Waals surface area contributed by atoms with Crippen LogP contribution in [0.25, 0.3) is 0 Å². The molecule has 8 atom stereocenters. The molecule has 0 aromatic carbocycles. The molecule has 2 amide bonds. The van der Waals surface area contributed by atoms with Crippen molar-refractivity contribution in [3.05, 3.63) is 0 Å². The quantitative estimate of drug-likeness (QED) is 0.483. The van der Waals surface area contributed by atoms with Crippen LogP contribution >= 0.6 is 0 Å². The lowest BCUT2D eigenvalue weighted by Crippen LogP contribution is -2.47. The Morgan fingerprint density at radius 2 is 1.09 bits per heavy atom. The van der Waals surface area contributed by atoms with E-state index in [2.05, 4.69) is 21.3 Å². The second-order valence-electron chi connectivity index (χ2n) is 13.2. The number of carbonyl (C=O) groups is 2. The van der Waals surface area contributed by atoms with Crippen LogP contribution in [0.5, 0.6) is 0 Å². The van der Waals surface area contributed by atoms with E-state index < -0.39 is 0 Å². The van der Waals surface area contributed by atoms with Gasteiger partial charge in [0.1, 0.15) is 0 Å². The maximum atomic E-state index is 13.0. The van der Waals surface area contributed by atoms with Crippen molar-refractivity contribution in [3.8, 4) is 0 Å². The molecule has 8 unspecified atom stereocenters. The first kappa shape index (κ1) is 24.2. The molecule has 4 aliphatic carbocycles. The highest BCUT2D eigenvalue weighted by atomic mass is 16.2. The Kier molecular flexibility index (Phi) is 7.39. The second-order valence-corrected chi connectivity index (χ2v) is 13.2. The minimum Gasteiger partial charge on any atom is -0.353 e. The van der Waals surface area contributed by atoms with Crippen molar-refractivity contribution < 1.29 is 9.59 Å². The van der Waals surface area contributed by atoms with Gasteiger partial charge in [0.2, 0.25) is 11.8 Å². The molecule has 0 aromatic heterocycles. The average Bonchev–Trinajstić information content (AvgIpc) is 3.70. The van der Waals surface area contributed by atoms with Gasteiger partial charge in [-0.25, -0.2) is 0 Å². The zero-order valence-corrected chi connectivity index (χ0v) is 21.6. The Hall–Kier alpha value is -1.14. The summed E-state index contributed by atoms with van der Waals surface area (Å²) in [6.07, 6.45) is 15.2. The van der Waals surface area contributed by atoms with E-state index in [9.17, 15) is 9.59 Å². The summed E-state index contributed by atoms with van der Waals surface area (Å²) >= 11 is 0. The fourth-order valence-electron chi connectivity index (χ4n) is 8.78. The molecule has 4 saturated carbocycles. The van der Waals surface area contributed by atoms with E-state index in [-0.39, 0.29) is 11.8 Å². The number of rotatable bonds is 5. The number of fused-ring (bicyclic) bond motifs is 2. The Morgan fingerprint density at radius 1 is 0.543 bits per heavy atom. The van der Waals surface area contributed by atoms with Crippen molar-refractivity contribution in [2.45, 2.75) is 95.6 Å². The molecule has 2 aliphatic heterocycles. The molecule has 6 nitrogen and oxygen atoms in total. The minimum atomic E-state index is 0.197. The van der Waals surface area contributed by atoms with Gasteiger partial charge < -0.3 is 21.3 Å². The molecule has 6 fully saturated rings. The van der Waals surface area contributed by atoms with Crippen LogP contribution in [0, 0.1) is 47.3 Å². The highest BCUT2D eigenvalue weighted by molar-refractivity contribution is 5.82. The van der Waals surface area contributed by atoms with Crippen LogP contribution in [-0.2, 0) is 9.59 Å². The highest BCUT2D eigenvalue weighted by Crippen LogP contribution is 2.50. The van der Waals surface area contributed by atoms with Gasteiger partial charge in [0.05, 0.1) is 0 Å². The molecular weight excluding hydrogens is 436 g/mol. The monoisotopic (exact) mass is 484 g/mol. The maximum Gasteiger partial charge on any atom is 0.223 e. The number of amides is 2. The van der Waals surface area contributed by atoms with Crippen LogP contribution in [-0.4, -0.2) is 50.1 Å². The third kappa shape index (κ3) is 5.58. The summed E-state index contributed by atoms with van der Waals surface area (Å²) in [5.41, 5.74) is 0. The zero-order chi connectivity index (χ0) is 23.8. The third-order valence-electron chi connectivity index (χ3n) is 11.1. The number of hydrogen-bond donors (Lipinski definition) is 4. The van der Waals surface area contributed by atoms with E-state index in [4.69, 9.17) is 0 Å². The van der Waals surface area contributed by atoms with Gasteiger partial charge in [0.25, 0.3) is 0 Å². The Morgan fingerprint density at radius 3 is 1.69 bits per heavy atom. The van der Waals surface area contributed by atoms with Gasteiger partial charge >= 0.3 is 0 Å². The van der Waals surface area contributed by atoms with E-state index in [0.717, 1.165) is 81.7 Å². The standard InChI is InChI=1S/C29H48N4O2/c34-28(32-24-7-5-22-16-30-11-9-20(22)13-24)19-3-1-18(2-4-19)26-15-27(26)29(35)33-25-8-6-23-17-31-12-10-21(23)14-25/h18-27,30-31H,1-17H2,(H,32,34)(H,33,35). The number of carbonyl (C=O) groups excluding carboxylic acids is 2. The molecule has 0 aromatic rings. The molecule has 4 N–H and O–H groups in total. The topological polar surface area (TPSA) is 82.3 Å². The van der Waals surface area contributed by atoms with Gasteiger partial charge in [0.15, 0.2) is 0 Å². The summed E-state index contributed by atoms with van der Waals surface area (Å²) in [5.74, 6) is 5.59. The van der Waals surface area contributed by atoms with E-state index in [1.165, 1.54) is 51.6 Å². The fraction of sp³-hybridized carbons (Fsp3) is 0.931. The molecular formula is C29H48N4O2. The van der Waals surface area contributed by atoms with Gasteiger partial charge in [-0.2, -0.15) is 0 Å². The lowest BCUT2D eigenvalue weighted by molar-refractivity contribution is -0.128. The summed E-state index contributed by atoms with van der Waals surface area (Å²) in [5, 5.41) is 14.0. The molecule has 196 valence electrons. The maximum absolute atomic E-state index is 13.0. The van der Waals surface area contributed by atoms with Gasteiger partial charge in [0, 0.05) is 23.9 Å². The molecule has 0 spiro atoms. The van der Waals surface area contributed by atoms with Crippen molar-refractivity contribution >= 4 is 11.8 Å². The summed E-state index contributed by atoms with van der Waals surface area (Å²) in [6.45, 7) is 4.64. The second kappa shape index (κ2) is 10.7. The summed E-state index contributed by atoms with van der Waals surface area (Å²) in [7, 11) is 0. The third-order valence-corrected chi connectivity index (χ3v) is 11.1. The first-order valence-electron chi connectivity index (χ1n) is 15.2. The Balaban J connectivity index is 0.905. The van der Waals surface area contributed by atoms with Gasteiger partial charge in [-0.05, 0) is 145 Å². The molecule has 6 heteroatoms. The number of hydrogen-bond acceptors (Lipinski definition) is 4. The van der Waals surface area contributed by atoms with Crippen LogP contribution in [0.3, 0.4) is 0 Å². The Bertz CT molecular complexity index is 766.